The zero-order chi connectivity index (χ0) is 12.8. The molecule has 0 aliphatic carbocycles. The first kappa shape index (κ1) is 12.6. The Hall–Kier alpha value is -1.83. The average Bonchev–Trinajstić information content (AvgIpc) is 3.02. The predicted octanol–water partition coefficient (Wildman–Crippen LogP) is 0.934. The van der Waals surface area contributed by atoms with E-state index in [2.05, 4.69) is 25.9 Å². The minimum Gasteiger partial charge on any atom is -0.342 e. The number of thioether (sulfide) groups is 1. The van der Waals surface area contributed by atoms with Crippen molar-refractivity contribution >= 4 is 23.6 Å². The molecule has 0 saturated carbocycles. The highest BCUT2D eigenvalue weighted by molar-refractivity contribution is 7.98. The van der Waals surface area contributed by atoms with Gasteiger partial charge >= 0.3 is 0 Å². The zero-order valence-corrected chi connectivity index (χ0v) is 10.7. The van der Waals surface area contributed by atoms with E-state index in [1.54, 1.807) is 11.8 Å². The van der Waals surface area contributed by atoms with Crippen LogP contribution in [-0.2, 0) is 4.79 Å². The van der Waals surface area contributed by atoms with E-state index in [-0.39, 0.29) is 17.9 Å². The monoisotopic (exact) mass is 266 g/mol. The molecule has 2 rings (SSSR count). The van der Waals surface area contributed by atoms with Crippen LogP contribution in [0, 0.1) is 0 Å². The predicted molar refractivity (Wildman–Crippen MR) is 69.3 cm³/mol. The fourth-order valence-corrected chi connectivity index (χ4v) is 2.07. The topological polar surface area (TPSA) is 88.5 Å². The van der Waals surface area contributed by atoms with E-state index in [4.69, 9.17) is 0 Å². The number of carbonyl (C=O) groups excluding carboxylic acids is 1. The molecule has 1 unspecified atom stereocenters. The second kappa shape index (κ2) is 6.20. The summed E-state index contributed by atoms with van der Waals surface area (Å²) in [6.07, 6.45) is 6.52. The molecule has 0 bridgehead atoms. The van der Waals surface area contributed by atoms with Crippen LogP contribution in [0.15, 0.2) is 24.5 Å². The van der Waals surface area contributed by atoms with Crippen molar-refractivity contribution in [1.82, 2.24) is 25.2 Å². The third-order valence-corrected chi connectivity index (χ3v) is 3.11. The highest BCUT2D eigenvalue weighted by Gasteiger charge is 2.20. The first-order valence-corrected chi connectivity index (χ1v) is 6.86. The molecule has 2 heterocycles. The van der Waals surface area contributed by atoms with Gasteiger partial charge in [0.2, 0.25) is 5.91 Å². The third kappa shape index (κ3) is 3.10. The number of tetrazole rings is 1. The Bertz CT molecular complexity index is 469. The van der Waals surface area contributed by atoms with Gasteiger partial charge in [-0.05, 0) is 35.8 Å². The summed E-state index contributed by atoms with van der Waals surface area (Å²) in [5.41, 5.74) is 0. The Morgan fingerprint density at radius 1 is 1.56 bits per heavy atom. The molecule has 0 aromatic carbocycles. The Morgan fingerprint density at radius 3 is 2.94 bits per heavy atom. The minimum atomic E-state index is -0.258. The fourth-order valence-electron chi connectivity index (χ4n) is 1.61. The molecule has 0 aliphatic rings. The molecule has 2 N–H and O–H groups in total. The number of rotatable bonds is 6. The lowest BCUT2D eigenvalue weighted by Gasteiger charge is -2.16. The SMILES string of the molecule is CSCCC(C(=O)Nc1nn[nH]n1)n1cccc1. The van der Waals surface area contributed by atoms with Crippen molar-refractivity contribution in [3.8, 4) is 0 Å². The second-order valence-corrected chi connectivity index (χ2v) is 4.64. The summed E-state index contributed by atoms with van der Waals surface area (Å²) < 4.78 is 1.88. The quantitative estimate of drug-likeness (QED) is 0.812. The number of nitrogens with one attached hydrogen (secondary N) is 2. The van der Waals surface area contributed by atoms with Gasteiger partial charge in [0.05, 0.1) is 0 Å². The smallest absolute Gasteiger partial charge is 0.269 e. The van der Waals surface area contributed by atoms with Crippen LogP contribution in [0.3, 0.4) is 0 Å². The molecule has 2 aromatic heterocycles. The van der Waals surface area contributed by atoms with Gasteiger partial charge in [-0.25, -0.2) is 0 Å². The van der Waals surface area contributed by atoms with Crippen molar-refractivity contribution in [2.75, 3.05) is 17.3 Å². The summed E-state index contributed by atoms with van der Waals surface area (Å²) in [6.45, 7) is 0. The van der Waals surface area contributed by atoms with Gasteiger partial charge in [-0.1, -0.05) is 5.10 Å². The lowest BCUT2D eigenvalue weighted by Crippen LogP contribution is -2.26. The van der Waals surface area contributed by atoms with Crippen molar-refractivity contribution in [3.05, 3.63) is 24.5 Å². The lowest BCUT2D eigenvalue weighted by molar-refractivity contribution is -0.119. The summed E-state index contributed by atoms with van der Waals surface area (Å²) in [4.78, 5) is 12.2. The first-order chi connectivity index (χ1) is 8.81. The molecule has 0 radical (unpaired) electrons. The third-order valence-electron chi connectivity index (χ3n) is 2.47. The van der Waals surface area contributed by atoms with Gasteiger partial charge in [-0.15, -0.1) is 5.10 Å². The van der Waals surface area contributed by atoms with E-state index in [1.807, 2.05) is 35.3 Å². The highest BCUT2D eigenvalue weighted by atomic mass is 32.2. The Morgan fingerprint density at radius 2 is 2.33 bits per heavy atom. The number of aromatic amines is 1. The molecule has 0 aliphatic heterocycles. The van der Waals surface area contributed by atoms with Gasteiger partial charge in [-0.2, -0.15) is 17.0 Å². The maximum Gasteiger partial charge on any atom is 0.269 e. The summed E-state index contributed by atoms with van der Waals surface area (Å²) in [5, 5.41) is 15.7. The maximum atomic E-state index is 12.2. The van der Waals surface area contributed by atoms with Gasteiger partial charge in [0.1, 0.15) is 6.04 Å². The van der Waals surface area contributed by atoms with Crippen molar-refractivity contribution in [2.45, 2.75) is 12.5 Å². The molecule has 1 atom stereocenters. The van der Waals surface area contributed by atoms with Crippen LogP contribution in [0.2, 0.25) is 0 Å². The van der Waals surface area contributed by atoms with Crippen molar-refractivity contribution in [1.29, 1.82) is 0 Å². The minimum absolute atomic E-state index is 0.137. The summed E-state index contributed by atoms with van der Waals surface area (Å²) in [5.74, 6) is 0.964. The van der Waals surface area contributed by atoms with E-state index in [1.165, 1.54) is 0 Å². The zero-order valence-electron chi connectivity index (χ0n) is 9.91. The molecule has 8 heteroatoms. The van der Waals surface area contributed by atoms with Crippen LogP contribution in [0.4, 0.5) is 5.95 Å². The van der Waals surface area contributed by atoms with Gasteiger partial charge in [0.25, 0.3) is 5.95 Å². The Kier molecular flexibility index (Phi) is 4.35. The first-order valence-electron chi connectivity index (χ1n) is 5.47. The number of carbonyl (C=O) groups is 1. The number of anilines is 1. The molecule has 0 fully saturated rings. The number of aromatic nitrogens is 5. The summed E-state index contributed by atoms with van der Waals surface area (Å²) in [7, 11) is 0. The number of amides is 1. The van der Waals surface area contributed by atoms with Crippen molar-refractivity contribution < 1.29 is 4.79 Å². The van der Waals surface area contributed by atoms with E-state index < -0.39 is 0 Å². The van der Waals surface area contributed by atoms with E-state index in [0.717, 1.165) is 12.2 Å². The van der Waals surface area contributed by atoms with E-state index in [9.17, 15) is 4.79 Å². The molecule has 0 saturated heterocycles. The molecule has 2 aromatic rings. The van der Waals surface area contributed by atoms with Gasteiger partial charge in [-0.3, -0.25) is 10.1 Å². The molecular weight excluding hydrogens is 252 g/mol. The van der Waals surface area contributed by atoms with Crippen LogP contribution in [0.25, 0.3) is 0 Å². The Balaban J connectivity index is 2.06. The number of hydrogen-bond acceptors (Lipinski definition) is 5. The maximum absolute atomic E-state index is 12.2. The molecular formula is C10H14N6OS. The summed E-state index contributed by atoms with van der Waals surface area (Å²) in [6, 6.07) is 3.53. The van der Waals surface area contributed by atoms with Crippen LogP contribution in [0.5, 0.6) is 0 Å². The van der Waals surface area contributed by atoms with Crippen LogP contribution in [0.1, 0.15) is 12.5 Å². The van der Waals surface area contributed by atoms with Crippen molar-refractivity contribution in [2.24, 2.45) is 0 Å². The highest BCUT2D eigenvalue weighted by Crippen LogP contribution is 2.16. The second-order valence-electron chi connectivity index (χ2n) is 3.65. The fraction of sp³-hybridized carbons (Fsp3) is 0.400. The van der Waals surface area contributed by atoms with Crippen LogP contribution < -0.4 is 5.32 Å². The van der Waals surface area contributed by atoms with Crippen molar-refractivity contribution in [3.63, 3.8) is 0 Å². The number of H-pyrrole nitrogens is 1. The molecule has 7 nitrogen and oxygen atoms in total. The van der Waals surface area contributed by atoms with Gasteiger partial charge in [0.15, 0.2) is 0 Å². The summed E-state index contributed by atoms with van der Waals surface area (Å²) >= 11 is 1.71. The van der Waals surface area contributed by atoms with Gasteiger partial charge in [0, 0.05) is 12.4 Å². The molecule has 0 spiro atoms. The standard InChI is InChI=1S/C10H14N6OS/c1-18-7-4-8(16-5-2-3-6-16)9(17)11-10-12-14-15-13-10/h2-3,5-6,8H,4,7H2,1H3,(H2,11,12,13,14,15,17). The largest absolute Gasteiger partial charge is 0.342 e. The number of nitrogens with zero attached hydrogens (tertiary/aromatic N) is 4. The van der Waals surface area contributed by atoms with E-state index in [0.29, 0.717) is 0 Å². The lowest BCUT2D eigenvalue weighted by atomic mass is 10.2. The normalized spacial score (nSPS) is 12.3. The van der Waals surface area contributed by atoms with Crippen LogP contribution in [-0.4, -0.2) is 43.1 Å². The molecule has 1 amide bonds. The van der Waals surface area contributed by atoms with E-state index >= 15 is 0 Å². The number of hydrogen-bond donors (Lipinski definition) is 2. The van der Waals surface area contributed by atoms with Gasteiger partial charge < -0.3 is 4.57 Å². The van der Waals surface area contributed by atoms with Crippen LogP contribution >= 0.6 is 11.8 Å². The average molecular weight is 266 g/mol. The Labute approximate surface area is 108 Å². The molecule has 18 heavy (non-hydrogen) atoms. The molecule has 96 valence electrons.